The van der Waals surface area contributed by atoms with Gasteiger partial charge in [-0.1, -0.05) is 24.3 Å². The fraction of sp³-hybridized carbons (Fsp3) is 0.143. The maximum absolute atomic E-state index is 12.3. The number of methoxy groups -OCH3 is 2. The number of aromatic hydroxyl groups is 1. The predicted molar refractivity (Wildman–Crippen MR) is 104 cm³/mol. The number of hydrogen-bond donors (Lipinski definition) is 2. The summed E-state index contributed by atoms with van der Waals surface area (Å²) in [5.74, 6) is -0.535. The van der Waals surface area contributed by atoms with Crippen molar-refractivity contribution in [2.45, 2.75) is 0 Å². The average Bonchev–Trinajstić information content (AvgIpc) is 2.71. The van der Waals surface area contributed by atoms with Crippen molar-refractivity contribution in [1.82, 2.24) is 0 Å². The van der Waals surface area contributed by atoms with Crippen molar-refractivity contribution in [1.29, 1.82) is 0 Å². The van der Waals surface area contributed by atoms with Gasteiger partial charge in [0.25, 0.3) is 5.91 Å². The molecule has 0 radical (unpaired) electrons. The maximum Gasteiger partial charge on any atom is 0.342 e. The van der Waals surface area contributed by atoms with Crippen molar-refractivity contribution in [2.75, 3.05) is 26.1 Å². The number of ether oxygens (including phenoxy) is 3. The first kappa shape index (κ1) is 19.0. The fourth-order valence-corrected chi connectivity index (χ4v) is 2.71. The highest BCUT2D eigenvalue weighted by Gasteiger charge is 2.16. The summed E-state index contributed by atoms with van der Waals surface area (Å²) in [6, 6.07) is 15.2. The lowest BCUT2D eigenvalue weighted by atomic mass is 10.1. The van der Waals surface area contributed by atoms with Gasteiger partial charge in [0.2, 0.25) is 0 Å². The van der Waals surface area contributed by atoms with Crippen LogP contribution in [-0.2, 0) is 9.53 Å². The summed E-state index contributed by atoms with van der Waals surface area (Å²) in [5, 5.41) is 14.2. The molecular formula is C21H19NO6. The zero-order valence-corrected chi connectivity index (χ0v) is 15.4. The van der Waals surface area contributed by atoms with E-state index in [1.807, 2.05) is 24.3 Å². The molecule has 7 nitrogen and oxygen atoms in total. The molecule has 0 unspecified atom stereocenters. The molecule has 0 heterocycles. The van der Waals surface area contributed by atoms with E-state index < -0.39 is 18.5 Å². The van der Waals surface area contributed by atoms with Crippen LogP contribution in [0.2, 0.25) is 0 Å². The number of benzene rings is 3. The van der Waals surface area contributed by atoms with Crippen LogP contribution in [0.5, 0.6) is 17.2 Å². The van der Waals surface area contributed by atoms with Gasteiger partial charge in [-0.2, -0.15) is 0 Å². The van der Waals surface area contributed by atoms with Gasteiger partial charge < -0.3 is 24.6 Å². The summed E-state index contributed by atoms with van der Waals surface area (Å²) in [5.41, 5.74) is 0.463. The van der Waals surface area contributed by atoms with Crippen molar-refractivity contribution in [3.63, 3.8) is 0 Å². The molecular weight excluding hydrogens is 362 g/mol. The van der Waals surface area contributed by atoms with Crippen LogP contribution in [0.4, 0.5) is 5.69 Å². The van der Waals surface area contributed by atoms with Crippen LogP contribution >= 0.6 is 0 Å². The third kappa shape index (κ3) is 4.15. The molecule has 0 saturated carbocycles. The third-order valence-corrected chi connectivity index (χ3v) is 4.09. The van der Waals surface area contributed by atoms with Gasteiger partial charge in [0.15, 0.2) is 18.1 Å². The highest BCUT2D eigenvalue weighted by atomic mass is 16.5. The number of nitrogens with one attached hydrogen (secondary N) is 1. The third-order valence-electron chi connectivity index (χ3n) is 4.09. The van der Waals surface area contributed by atoms with E-state index in [4.69, 9.17) is 14.2 Å². The fourth-order valence-electron chi connectivity index (χ4n) is 2.71. The van der Waals surface area contributed by atoms with Crippen LogP contribution in [0.15, 0.2) is 54.6 Å². The molecule has 0 aliphatic heterocycles. The number of carbonyl (C=O) groups is 2. The van der Waals surface area contributed by atoms with Crippen molar-refractivity contribution < 1.29 is 28.9 Å². The molecule has 0 bridgehead atoms. The molecule has 2 N–H and O–H groups in total. The molecule has 0 aromatic heterocycles. The van der Waals surface area contributed by atoms with Gasteiger partial charge in [-0.25, -0.2) is 4.79 Å². The van der Waals surface area contributed by atoms with E-state index in [0.717, 1.165) is 10.8 Å². The lowest BCUT2D eigenvalue weighted by molar-refractivity contribution is -0.119. The zero-order valence-electron chi connectivity index (χ0n) is 15.4. The van der Waals surface area contributed by atoms with Gasteiger partial charge >= 0.3 is 5.97 Å². The van der Waals surface area contributed by atoms with Gasteiger partial charge in [-0.15, -0.1) is 0 Å². The monoisotopic (exact) mass is 381 g/mol. The molecule has 28 heavy (non-hydrogen) atoms. The zero-order chi connectivity index (χ0) is 20.1. The summed E-state index contributed by atoms with van der Waals surface area (Å²) < 4.78 is 15.3. The summed E-state index contributed by atoms with van der Waals surface area (Å²) in [7, 11) is 3.00. The maximum atomic E-state index is 12.3. The molecule has 0 aliphatic rings. The van der Waals surface area contributed by atoms with E-state index in [9.17, 15) is 14.7 Å². The Morgan fingerprint density at radius 1 is 0.929 bits per heavy atom. The molecule has 3 aromatic rings. The highest BCUT2D eigenvalue weighted by Crippen LogP contribution is 2.30. The average molecular weight is 381 g/mol. The Morgan fingerprint density at radius 2 is 1.61 bits per heavy atom. The first-order valence-electron chi connectivity index (χ1n) is 8.42. The van der Waals surface area contributed by atoms with Crippen molar-refractivity contribution >= 4 is 28.3 Å². The molecule has 0 aliphatic carbocycles. The molecule has 144 valence electrons. The minimum atomic E-state index is -0.786. The first-order chi connectivity index (χ1) is 13.5. The van der Waals surface area contributed by atoms with Crippen LogP contribution in [-0.4, -0.2) is 37.8 Å². The standard InChI is InChI=1S/C21H19NO6/c1-26-18-8-7-15(11-19(18)27-2)22-20(24)12-28-21(25)16-9-13-5-3-4-6-14(13)10-17(16)23/h3-11,23H,12H2,1-2H3,(H,22,24). The Kier molecular flexibility index (Phi) is 5.64. The second-order valence-corrected chi connectivity index (χ2v) is 5.91. The number of carbonyl (C=O) groups excluding carboxylic acids is 2. The van der Waals surface area contributed by atoms with Crippen LogP contribution in [0, 0.1) is 0 Å². The van der Waals surface area contributed by atoms with Gasteiger partial charge in [0, 0.05) is 11.8 Å². The Labute approximate surface area is 161 Å². The Bertz CT molecular complexity index is 1030. The smallest absolute Gasteiger partial charge is 0.342 e. The van der Waals surface area contributed by atoms with E-state index in [-0.39, 0.29) is 11.3 Å². The lowest BCUT2D eigenvalue weighted by Gasteiger charge is -2.11. The van der Waals surface area contributed by atoms with E-state index in [1.54, 1.807) is 18.2 Å². The molecule has 0 spiro atoms. The van der Waals surface area contributed by atoms with E-state index in [2.05, 4.69) is 5.32 Å². The molecule has 0 fully saturated rings. The SMILES string of the molecule is COc1ccc(NC(=O)COC(=O)c2cc3ccccc3cc2O)cc1OC. The summed E-state index contributed by atoms with van der Waals surface area (Å²) in [6.07, 6.45) is 0. The highest BCUT2D eigenvalue weighted by molar-refractivity contribution is 6.00. The van der Waals surface area contributed by atoms with Crippen LogP contribution in [0.1, 0.15) is 10.4 Å². The number of phenols is 1. The van der Waals surface area contributed by atoms with Crippen LogP contribution < -0.4 is 14.8 Å². The molecule has 7 heteroatoms. The van der Waals surface area contributed by atoms with Crippen LogP contribution in [0.25, 0.3) is 10.8 Å². The van der Waals surface area contributed by atoms with Crippen LogP contribution in [0.3, 0.4) is 0 Å². The second-order valence-electron chi connectivity index (χ2n) is 5.91. The van der Waals surface area contributed by atoms with E-state index in [0.29, 0.717) is 17.2 Å². The van der Waals surface area contributed by atoms with Crippen molar-refractivity contribution in [2.24, 2.45) is 0 Å². The van der Waals surface area contributed by atoms with E-state index >= 15 is 0 Å². The quantitative estimate of drug-likeness (QED) is 0.636. The number of fused-ring (bicyclic) bond motifs is 1. The number of rotatable bonds is 6. The minimum Gasteiger partial charge on any atom is -0.507 e. The predicted octanol–water partition coefficient (Wildman–Crippen LogP) is 3.36. The van der Waals surface area contributed by atoms with E-state index in [1.165, 1.54) is 26.4 Å². The molecule has 0 atom stereocenters. The van der Waals surface area contributed by atoms with Gasteiger partial charge in [-0.05, 0) is 35.0 Å². The first-order valence-corrected chi connectivity index (χ1v) is 8.42. The summed E-state index contributed by atoms with van der Waals surface area (Å²) in [4.78, 5) is 24.3. The Morgan fingerprint density at radius 3 is 2.29 bits per heavy atom. The normalized spacial score (nSPS) is 10.4. The number of esters is 1. The number of phenolic OH excluding ortho intramolecular Hbond substituents is 1. The lowest BCUT2D eigenvalue weighted by Crippen LogP contribution is -2.21. The Hall–Kier alpha value is -3.74. The van der Waals surface area contributed by atoms with Crippen molar-refractivity contribution in [3.05, 3.63) is 60.2 Å². The Balaban J connectivity index is 1.64. The summed E-state index contributed by atoms with van der Waals surface area (Å²) >= 11 is 0. The number of anilines is 1. The molecule has 3 aromatic carbocycles. The second kappa shape index (κ2) is 8.30. The topological polar surface area (TPSA) is 94.1 Å². The van der Waals surface area contributed by atoms with Gasteiger partial charge in [-0.3, -0.25) is 4.79 Å². The number of hydrogen-bond acceptors (Lipinski definition) is 6. The van der Waals surface area contributed by atoms with Gasteiger partial charge in [0.05, 0.1) is 14.2 Å². The largest absolute Gasteiger partial charge is 0.507 e. The minimum absolute atomic E-state index is 0.00221. The number of amides is 1. The van der Waals surface area contributed by atoms with Gasteiger partial charge in [0.1, 0.15) is 11.3 Å². The molecule has 0 saturated heterocycles. The summed E-state index contributed by atoms with van der Waals surface area (Å²) in [6.45, 7) is -0.501. The molecule has 1 amide bonds. The van der Waals surface area contributed by atoms with Crippen molar-refractivity contribution in [3.8, 4) is 17.2 Å². The molecule has 3 rings (SSSR count).